The molecular weight excluding hydrogens is 368 g/mol. The molecule has 0 aliphatic carbocycles. The zero-order valence-corrected chi connectivity index (χ0v) is 16.0. The molecule has 1 fully saturated rings. The number of anilines is 1. The number of likely N-dealkylation sites (tertiary alicyclic amines) is 1. The van der Waals surface area contributed by atoms with Gasteiger partial charge < -0.3 is 14.7 Å². The summed E-state index contributed by atoms with van der Waals surface area (Å²) >= 11 is 0. The van der Waals surface area contributed by atoms with Crippen LogP contribution >= 0.6 is 0 Å². The molecule has 0 unspecified atom stereocenters. The van der Waals surface area contributed by atoms with E-state index in [2.05, 4.69) is 15.2 Å². The van der Waals surface area contributed by atoms with E-state index in [1.165, 1.54) is 0 Å². The largest absolute Gasteiger partial charge is 0.368 e. The first kappa shape index (κ1) is 18.0. The fraction of sp³-hybridized carbons (Fsp3) is 0.444. The van der Waals surface area contributed by atoms with Crippen LogP contribution in [0.2, 0.25) is 0 Å². The van der Waals surface area contributed by atoms with Gasteiger partial charge in [0.25, 0.3) is 5.91 Å². The van der Waals surface area contributed by atoms with E-state index in [0.29, 0.717) is 48.6 Å². The smallest absolute Gasteiger partial charge is 0.259 e. The first-order chi connectivity index (χ1) is 12.9. The monoisotopic (exact) mass is 390 g/mol. The molecule has 1 amide bonds. The lowest BCUT2D eigenvalue weighted by Crippen LogP contribution is -2.52. The maximum Gasteiger partial charge on any atom is 0.259 e. The predicted molar refractivity (Wildman–Crippen MR) is 98.8 cm³/mol. The predicted octanol–water partition coefficient (Wildman–Crippen LogP) is 1.87. The van der Waals surface area contributed by atoms with E-state index < -0.39 is 10.0 Å². The van der Waals surface area contributed by atoms with Gasteiger partial charge in [0.15, 0.2) is 0 Å². The number of benzene rings is 1. The summed E-state index contributed by atoms with van der Waals surface area (Å²) in [5, 5.41) is 7.14. The van der Waals surface area contributed by atoms with Gasteiger partial charge in [-0.1, -0.05) is 17.3 Å². The minimum Gasteiger partial charge on any atom is -0.368 e. The average Bonchev–Trinajstić information content (AvgIpc) is 2.99. The third-order valence-electron chi connectivity index (χ3n) is 5.32. The summed E-state index contributed by atoms with van der Waals surface area (Å²) in [7, 11) is -3.53. The minimum atomic E-state index is -3.53. The number of carbonyl (C=O) groups excluding carboxylic acids is 1. The van der Waals surface area contributed by atoms with E-state index in [0.717, 1.165) is 0 Å². The van der Waals surface area contributed by atoms with Crippen molar-refractivity contribution in [1.29, 1.82) is 0 Å². The third-order valence-corrected chi connectivity index (χ3v) is 6.81. The Morgan fingerprint density at radius 1 is 1.22 bits per heavy atom. The molecule has 8 nitrogen and oxygen atoms in total. The van der Waals surface area contributed by atoms with Crippen LogP contribution in [0.15, 0.2) is 33.7 Å². The molecule has 1 aromatic carbocycles. The molecule has 2 N–H and O–H groups in total. The normalized spacial score (nSPS) is 22.1. The summed E-state index contributed by atoms with van der Waals surface area (Å²) in [5.41, 5.74) is 1.74. The zero-order chi connectivity index (χ0) is 19.2. The molecule has 2 aliphatic heterocycles. The number of piperidine rings is 1. The molecule has 0 spiro atoms. The highest BCUT2D eigenvalue weighted by Gasteiger charge is 2.36. The van der Waals surface area contributed by atoms with Crippen molar-refractivity contribution >= 4 is 21.6 Å². The maximum atomic E-state index is 12.8. The Kier molecular flexibility index (Phi) is 4.43. The number of para-hydroxylation sites is 1. The maximum absolute atomic E-state index is 12.8. The van der Waals surface area contributed by atoms with Gasteiger partial charge >= 0.3 is 0 Å². The minimum absolute atomic E-state index is 0.0766. The fourth-order valence-corrected chi connectivity index (χ4v) is 5.23. The van der Waals surface area contributed by atoms with E-state index in [-0.39, 0.29) is 22.9 Å². The number of carbonyl (C=O) groups is 1. The molecule has 27 heavy (non-hydrogen) atoms. The second kappa shape index (κ2) is 6.65. The van der Waals surface area contributed by atoms with E-state index in [1.54, 1.807) is 36.9 Å². The lowest BCUT2D eigenvalue weighted by molar-refractivity contribution is 0.0677. The second-order valence-corrected chi connectivity index (χ2v) is 8.75. The highest BCUT2D eigenvalue weighted by molar-refractivity contribution is 7.89. The topological polar surface area (TPSA) is 105 Å². The van der Waals surface area contributed by atoms with Crippen molar-refractivity contribution in [3.05, 3.63) is 41.3 Å². The van der Waals surface area contributed by atoms with Gasteiger partial charge in [-0.15, -0.1) is 0 Å². The SMILES string of the molecule is Cc1noc(C)c1C(=O)N1CCC([C@@H]2Nc3ccccc3S(=O)(=O)N2)CC1. The van der Waals surface area contributed by atoms with Gasteiger partial charge in [-0.25, -0.2) is 8.42 Å². The van der Waals surface area contributed by atoms with Crippen molar-refractivity contribution in [3.63, 3.8) is 0 Å². The van der Waals surface area contributed by atoms with Gasteiger partial charge in [0, 0.05) is 13.1 Å². The summed E-state index contributed by atoms with van der Waals surface area (Å²) in [6.45, 7) is 4.62. The average molecular weight is 390 g/mol. The number of rotatable bonds is 2. The van der Waals surface area contributed by atoms with Gasteiger partial charge in [-0.3, -0.25) is 4.79 Å². The number of nitrogens with one attached hydrogen (secondary N) is 2. The summed E-state index contributed by atoms with van der Waals surface area (Å²) in [5.74, 6) is 0.548. The summed E-state index contributed by atoms with van der Waals surface area (Å²) < 4.78 is 32.8. The van der Waals surface area contributed by atoms with Crippen LogP contribution in [0.25, 0.3) is 0 Å². The second-order valence-electron chi connectivity index (χ2n) is 7.07. The Morgan fingerprint density at radius 3 is 2.59 bits per heavy atom. The van der Waals surface area contributed by atoms with Crippen LogP contribution in [-0.2, 0) is 10.0 Å². The summed E-state index contributed by atoms with van der Waals surface area (Å²) in [6.07, 6.45) is 1.04. The molecule has 2 aliphatic rings. The molecule has 9 heteroatoms. The molecule has 2 aromatic rings. The summed E-state index contributed by atoms with van der Waals surface area (Å²) in [6, 6.07) is 6.89. The van der Waals surface area contributed by atoms with Gasteiger partial charge in [-0.2, -0.15) is 4.72 Å². The van der Waals surface area contributed by atoms with E-state index in [4.69, 9.17) is 4.52 Å². The number of amides is 1. The highest BCUT2D eigenvalue weighted by Crippen LogP contribution is 2.31. The molecule has 0 radical (unpaired) electrons. The molecule has 0 saturated carbocycles. The quantitative estimate of drug-likeness (QED) is 0.811. The number of aromatic nitrogens is 1. The fourth-order valence-electron chi connectivity index (χ4n) is 3.84. The first-order valence-electron chi connectivity index (χ1n) is 8.97. The van der Waals surface area contributed by atoms with Gasteiger partial charge in [0.1, 0.15) is 16.2 Å². The number of fused-ring (bicyclic) bond motifs is 1. The van der Waals surface area contributed by atoms with Crippen LogP contribution in [0.3, 0.4) is 0 Å². The number of hydrogen-bond donors (Lipinski definition) is 2. The van der Waals surface area contributed by atoms with Gasteiger partial charge in [-0.05, 0) is 44.7 Å². The first-order valence-corrected chi connectivity index (χ1v) is 10.4. The van der Waals surface area contributed by atoms with Gasteiger partial charge in [0.05, 0.1) is 17.5 Å². The van der Waals surface area contributed by atoms with Crippen LogP contribution in [-0.4, -0.2) is 43.6 Å². The Hall–Kier alpha value is -2.39. The van der Waals surface area contributed by atoms with Crippen molar-refractivity contribution in [2.45, 2.75) is 37.8 Å². The Labute approximate surface area is 158 Å². The van der Waals surface area contributed by atoms with Crippen molar-refractivity contribution in [1.82, 2.24) is 14.8 Å². The molecular formula is C18H22N4O4S. The number of hydrogen-bond acceptors (Lipinski definition) is 6. The third kappa shape index (κ3) is 3.21. The van der Waals surface area contributed by atoms with Crippen LogP contribution in [0.4, 0.5) is 5.69 Å². The summed E-state index contributed by atoms with van der Waals surface area (Å²) in [4.78, 5) is 14.8. The molecule has 1 saturated heterocycles. The molecule has 1 atom stereocenters. The number of aryl methyl sites for hydroxylation is 2. The van der Waals surface area contributed by atoms with Crippen LogP contribution in [0.5, 0.6) is 0 Å². The van der Waals surface area contributed by atoms with Crippen molar-refractivity contribution in [2.24, 2.45) is 5.92 Å². The Balaban J connectivity index is 1.45. The van der Waals surface area contributed by atoms with Gasteiger partial charge in [0.2, 0.25) is 10.0 Å². The van der Waals surface area contributed by atoms with Crippen molar-refractivity contribution in [3.8, 4) is 0 Å². The molecule has 4 rings (SSSR count). The lowest BCUT2D eigenvalue weighted by Gasteiger charge is -2.38. The van der Waals surface area contributed by atoms with Crippen molar-refractivity contribution in [2.75, 3.05) is 18.4 Å². The molecule has 144 valence electrons. The van der Waals surface area contributed by atoms with Crippen LogP contribution < -0.4 is 10.0 Å². The molecule has 1 aromatic heterocycles. The molecule has 0 bridgehead atoms. The zero-order valence-electron chi connectivity index (χ0n) is 15.2. The highest BCUT2D eigenvalue weighted by atomic mass is 32.2. The number of sulfonamides is 1. The Bertz CT molecular complexity index is 957. The lowest BCUT2D eigenvalue weighted by atomic mass is 9.93. The standard InChI is InChI=1S/C18H22N4O4S/c1-11-16(12(2)26-20-11)18(23)22-9-7-13(8-10-22)17-19-14-5-3-4-6-15(14)27(24,25)21-17/h3-6,13,17,19,21H,7-10H2,1-2H3/t17-/m1/s1. The Morgan fingerprint density at radius 2 is 1.93 bits per heavy atom. The van der Waals surface area contributed by atoms with Crippen molar-refractivity contribution < 1.29 is 17.7 Å². The van der Waals surface area contributed by atoms with Crippen LogP contribution in [0.1, 0.15) is 34.7 Å². The van der Waals surface area contributed by atoms with E-state index >= 15 is 0 Å². The molecule has 3 heterocycles. The van der Waals surface area contributed by atoms with E-state index in [9.17, 15) is 13.2 Å². The number of nitrogens with zero attached hydrogens (tertiary/aromatic N) is 2. The van der Waals surface area contributed by atoms with E-state index in [1.807, 2.05) is 6.07 Å². The van der Waals surface area contributed by atoms with Crippen LogP contribution in [0, 0.1) is 19.8 Å².